The Bertz CT molecular complexity index is 371. The molecule has 0 saturated carbocycles. The molecule has 0 heterocycles. The van der Waals surface area contributed by atoms with Crippen molar-refractivity contribution >= 4 is 17.7 Å². The first kappa shape index (κ1) is 12.1. The molecule has 1 rings (SSSR count). The largest absolute Gasteiger partial charge is 0.416 e. The van der Waals surface area contributed by atoms with Crippen LogP contribution in [-0.4, -0.2) is 6.54 Å². The van der Waals surface area contributed by atoms with Crippen LogP contribution >= 0.6 is 11.6 Å². The summed E-state index contributed by atoms with van der Waals surface area (Å²) in [5, 5.41) is 0.271. The van der Waals surface area contributed by atoms with Crippen LogP contribution in [0.4, 0.5) is 13.2 Å². The van der Waals surface area contributed by atoms with Gasteiger partial charge in [-0.25, -0.2) is 0 Å². The highest BCUT2D eigenvalue weighted by Crippen LogP contribution is 2.32. The van der Waals surface area contributed by atoms with Gasteiger partial charge in [0, 0.05) is 11.6 Å². The van der Waals surface area contributed by atoms with Gasteiger partial charge < -0.3 is 5.73 Å². The molecule has 0 aliphatic rings. The summed E-state index contributed by atoms with van der Waals surface area (Å²) >= 11 is 5.72. The second-order valence-corrected chi connectivity index (χ2v) is 3.28. The van der Waals surface area contributed by atoms with Gasteiger partial charge >= 0.3 is 6.18 Å². The first-order valence-corrected chi connectivity index (χ1v) is 4.56. The molecule has 0 spiro atoms. The van der Waals surface area contributed by atoms with Crippen LogP contribution in [0.2, 0.25) is 5.02 Å². The van der Waals surface area contributed by atoms with E-state index in [0.29, 0.717) is 5.56 Å². The quantitative estimate of drug-likeness (QED) is 0.836. The van der Waals surface area contributed by atoms with Crippen LogP contribution < -0.4 is 5.73 Å². The standard InChI is InChI=1S/C10H9ClF3N/c11-9-4-3-8(10(12,13)14)6-7(9)2-1-5-15/h1-4,6H,5,15H2/b2-1+. The summed E-state index contributed by atoms with van der Waals surface area (Å²) in [6, 6.07) is 3.16. The fourth-order valence-corrected chi connectivity index (χ4v) is 1.22. The molecule has 1 aromatic carbocycles. The maximum atomic E-state index is 12.3. The normalized spacial score (nSPS) is 12.3. The van der Waals surface area contributed by atoms with Crippen LogP contribution in [0, 0.1) is 0 Å². The summed E-state index contributed by atoms with van der Waals surface area (Å²) < 4.78 is 37.0. The van der Waals surface area contributed by atoms with Crippen LogP contribution in [-0.2, 0) is 6.18 Å². The van der Waals surface area contributed by atoms with Crippen LogP contribution in [0.3, 0.4) is 0 Å². The van der Waals surface area contributed by atoms with Crippen molar-refractivity contribution in [1.82, 2.24) is 0 Å². The average Bonchev–Trinajstić information content (AvgIpc) is 2.15. The highest BCUT2D eigenvalue weighted by molar-refractivity contribution is 6.32. The van der Waals surface area contributed by atoms with E-state index < -0.39 is 11.7 Å². The molecule has 0 amide bonds. The average molecular weight is 236 g/mol. The van der Waals surface area contributed by atoms with Crippen LogP contribution in [0.25, 0.3) is 6.08 Å². The van der Waals surface area contributed by atoms with Crippen molar-refractivity contribution in [1.29, 1.82) is 0 Å². The van der Waals surface area contributed by atoms with E-state index in [1.54, 1.807) is 6.08 Å². The molecule has 0 unspecified atom stereocenters. The third kappa shape index (κ3) is 3.25. The van der Waals surface area contributed by atoms with Crippen molar-refractivity contribution in [3.63, 3.8) is 0 Å². The van der Waals surface area contributed by atoms with E-state index in [4.69, 9.17) is 17.3 Å². The van der Waals surface area contributed by atoms with Gasteiger partial charge in [0.1, 0.15) is 0 Å². The third-order valence-corrected chi connectivity index (χ3v) is 2.10. The van der Waals surface area contributed by atoms with Crippen molar-refractivity contribution in [2.75, 3.05) is 6.54 Å². The highest BCUT2D eigenvalue weighted by Gasteiger charge is 2.30. The molecule has 0 aliphatic heterocycles. The molecule has 0 atom stereocenters. The van der Waals surface area contributed by atoms with E-state index in [9.17, 15) is 13.2 Å². The number of rotatable bonds is 2. The maximum Gasteiger partial charge on any atom is 0.416 e. The second-order valence-electron chi connectivity index (χ2n) is 2.87. The smallest absolute Gasteiger partial charge is 0.327 e. The van der Waals surface area contributed by atoms with E-state index in [1.165, 1.54) is 12.1 Å². The van der Waals surface area contributed by atoms with Gasteiger partial charge in [-0.1, -0.05) is 23.8 Å². The van der Waals surface area contributed by atoms with Crippen LogP contribution in [0.5, 0.6) is 0 Å². The molecule has 1 nitrogen and oxygen atoms in total. The van der Waals surface area contributed by atoms with Crippen LogP contribution in [0.15, 0.2) is 24.3 Å². The Morgan fingerprint density at radius 3 is 2.53 bits per heavy atom. The lowest BCUT2D eigenvalue weighted by Crippen LogP contribution is -2.04. The molecule has 15 heavy (non-hydrogen) atoms. The van der Waals surface area contributed by atoms with E-state index >= 15 is 0 Å². The summed E-state index contributed by atoms with van der Waals surface area (Å²) in [6.45, 7) is 0.257. The maximum absolute atomic E-state index is 12.3. The Kier molecular flexibility index (Phi) is 3.77. The molecular weight excluding hydrogens is 227 g/mol. The lowest BCUT2D eigenvalue weighted by molar-refractivity contribution is -0.137. The van der Waals surface area contributed by atoms with E-state index in [1.807, 2.05) is 0 Å². The predicted molar refractivity (Wildman–Crippen MR) is 54.5 cm³/mol. The summed E-state index contributed by atoms with van der Waals surface area (Å²) in [7, 11) is 0. The number of alkyl halides is 3. The molecular formula is C10H9ClF3N. The molecule has 0 aromatic heterocycles. The van der Waals surface area contributed by atoms with Gasteiger partial charge in [-0.3, -0.25) is 0 Å². The number of hydrogen-bond donors (Lipinski definition) is 1. The third-order valence-electron chi connectivity index (χ3n) is 1.76. The molecule has 0 bridgehead atoms. The summed E-state index contributed by atoms with van der Waals surface area (Å²) in [6.07, 6.45) is -1.34. The van der Waals surface area contributed by atoms with E-state index in [2.05, 4.69) is 0 Å². The molecule has 82 valence electrons. The summed E-state index contributed by atoms with van der Waals surface area (Å²) in [4.78, 5) is 0. The van der Waals surface area contributed by atoms with Gasteiger partial charge in [0.2, 0.25) is 0 Å². The van der Waals surface area contributed by atoms with Gasteiger partial charge in [0.05, 0.1) is 5.56 Å². The van der Waals surface area contributed by atoms with Crippen molar-refractivity contribution in [2.24, 2.45) is 5.73 Å². The Labute approximate surface area is 90.3 Å². The Morgan fingerprint density at radius 2 is 2.00 bits per heavy atom. The van der Waals surface area contributed by atoms with Gasteiger partial charge in [-0.15, -0.1) is 0 Å². The number of benzene rings is 1. The fourth-order valence-electron chi connectivity index (χ4n) is 1.04. The molecule has 2 N–H and O–H groups in total. The van der Waals surface area contributed by atoms with Crippen molar-refractivity contribution in [3.8, 4) is 0 Å². The molecule has 1 aromatic rings. The first-order chi connectivity index (χ1) is 6.95. The molecule has 0 aliphatic carbocycles. The zero-order valence-electron chi connectivity index (χ0n) is 7.68. The lowest BCUT2D eigenvalue weighted by Gasteiger charge is -2.08. The zero-order valence-corrected chi connectivity index (χ0v) is 8.44. The highest BCUT2D eigenvalue weighted by atomic mass is 35.5. The number of halogens is 4. The zero-order chi connectivity index (χ0) is 11.5. The predicted octanol–water partition coefficient (Wildman–Crippen LogP) is 3.33. The van der Waals surface area contributed by atoms with Gasteiger partial charge in [-0.2, -0.15) is 13.2 Å². The van der Waals surface area contributed by atoms with E-state index in [0.717, 1.165) is 12.1 Å². The minimum atomic E-state index is -4.35. The molecule has 0 fully saturated rings. The summed E-state index contributed by atoms with van der Waals surface area (Å²) in [5.74, 6) is 0. The minimum absolute atomic E-state index is 0.257. The Balaban J connectivity index is 3.11. The molecule has 0 saturated heterocycles. The Hall–Kier alpha value is -1.00. The van der Waals surface area contributed by atoms with E-state index in [-0.39, 0.29) is 11.6 Å². The summed E-state index contributed by atoms with van der Waals surface area (Å²) in [5.41, 5.74) is 4.80. The lowest BCUT2D eigenvalue weighted by atomic mass is 10.1. The first-order valence-electron chi connectivity index (χ1n) is 4.18. The molecule has 5 heteroatoms. The fraction of sp³-hybridized carbons (Fsp3) is 0.200. The number of nitrogens with two attached hydrogens (primary N) is 1. The minimum Gasteiger partial charge on any atom is -0.327 e. The Morgan fingerprint density at radius 1 is 1.33 bits per heavy atom. The van der Waals surface area contributed by atoms with Crippen molar-refractivity contribution < 1.29 is 13.2 Å². The molecule has 0 radical (unpaired) electrons. The number of hydrogen-bond acceptors (Lipinski definition) is 1. The van der Waals surface area contributed by atoms with Crippen LogP contribution in [0.1, 0.15) is 11.1 Å². The topological polar surface area (TPSA) is 26.0 Å². The second kappa shape index (κ2) is 4.68. The monoisotopic (exact) mass is 235 g/mol. The van der Waals surface area contributed by atoms with Gasteiger partial charge in [-0.05, 0) is 23.8 Å². The van der Waals surface area contributed by atoms with Gasteiger partial charge in [0.25, 0.3) is 0 Å². The van der Waals surface area contributed by atoms with Gasteiger partial charge in [0.15, 0.2) is 0 Å². The van der Waals surface area contributed by atoms with Crippen molar-refractivity contribution in [2.45, 2.75) is 6.18 Å². The SMILES string of the molecule is NC/C=C/c1cc(C(F)(F)F)ccc1Cl. The van der Waals surface area contributed by atoms with Crippen molar-refractivity contribution in [3.05, 3.63) is 40.4 Å².